The summed E-state index contributed by atoms with van der Waals surface area (Å²) in [5.74, 6) is -0.324. The SMILES string of the molecule is O=C(NCCN1CCN(c2ccccc2)CC1)c1c[nH]c2ccccc2c1=O. The minimum atomic E-state index is -0.324. The number of fused-ring (bicyclic) bond motifs is 1. The Kier molecular flexibility index (Phi) is 5.39. The highest BCUT2D eigenvalue weighted by Crippen LogP contribution is 2.15. The van der Waals surface area contributed by atoms with Crippen LogP contribution in [0.25, 0.3) is 10.9 Å². The minimum absolute atomic E-state index is 0.160. The molecule has 0 atom stereocenters. The van der Waals surface area contributed by atoms with E-state index in [1.165, 1.54) is 11.9 Å². The number of hydrogen-bond donors (Lipinski definition) is 2. The number of carbonyl (C=O) groups is 1. The van der Waals surface area contributed by atoms with Crippen molar-refractivity contribution in [2.75, 3.05) is 44.2 Å². The Balaban J connectivity index is 1.28. The Morgan fingerprint density at radius 2 is 1.68 bits per heavy atom. The number of anilines is 1. The van der Waals surface area contributed by atoms with Crippen molar-refractivity contribution >= 4 is 22.5 Å². The highest BCUT2D eigenvalue weighted by molar-refractivity contribution is 5.97. The minimum Gasteiger partial charge on any atom is -0.369 e. The van der Waals surface area contributed by atoms with Crippen molar-refractivity contribution in [3.63, 3.8) is 0 Å². The molecule has 4 rings (SSSR count). The molecule has 1 saturated heterocycles. The Labute approximate surface area is 163 Å². The van der Waals surface area contributed by atoms with E-state index in [0.717, 1.165) is 38.2 Å². The van der Waals surface area contributed by atoms with Crippen molar-refractivity contribution in [3.8, 4) is 0 Å². The van der Waals surface area contributed by atoms with Crippen LogP contribution in [-0.2, 0) is 0 Å². The summed E-state index contributed by atoms with van der Waals surface area (Å²) in [6.45, 7) is 5.17. The fourth-order valence-electron chi connectivity index (χ4n) is 3.63. The molecule has 0 bridgehead atoms. The number of aromatic nitrogens is 1. The second kappa shape index (κ2) is 8.27. The number of pyridine rings is 1. The molecule has 2 N–H and O–H groups in total. The molecule has 2 heterocycles. The first-order chi connectivity index (χ1) is 13.7. The molecule has 6 heteroatoms. The first kappa shape index (κ1) is 18.3. The van der Waals surface area contributed by atoms with E-state index in [2.05, 4.69) is 44.4 Å². The molecule has 3 aromatic rings. The zero-order chi connectivity index (χ0) is 19.3. The van der Waals surface area contributed by atoms with E-state index in [0.29, 0.717) is 11.9 Å². The maximum absolute atomic E-state index is 12.5. The number of piperazine rings is 1. The van der Waals surface area contributed by atoms with Crippen LogP contribution in [0.2, 0.25) is 0 Å². The highest BCUT2D eigenvalue weighted by atomic mass is 16.2. The van der Waals surface area contributed by atoms with E-state index in [4.69, 9.17) is 0 Å². The van der Waals surface area contributed by atoms with Crippen LogP contribution in [-0.4, -0.2) is 55.1 Å². The van der Waals surface area contributed by atoms with Crippen LogP contribution in [0.3, 0.4) is 0 Å². The van der Waals surface area contributed by atoms with E-state index in [-0.39, 0.29) is 16.9 Å². The summed E-state index contributed by atoms with van der Waals surface area (Å²) in [4.78, 5) is 32.7. The largest absolute Gasteiger partial charge is 0.369 e. The van der Waals surface area contributed by atoms with Crippen LogP contribution in [0, 0.1) is 0 Å². The maximum Gasteiger partial charge on any atom is 0.256 e. The van der Waals surface area contributed by atoms with Gasteiger partial charge in [-0.3, -0.25) is 14.5 Å². The van der Waals surface area contributed by atoms with Crippen molar-refractivity contribution < 1.29 is 4.79 Å². The van der Waals surface area contributed by atoms with Gasteiger partial charge < -0.3 is 15.2 Å². The quantitative estimate of drug-likeness (QED) is 0.715. The number of benzene rings is 2. The van der Waals surface area contributed by atoms with Gasteiger partial charge in [0.15, 0.2) is 0 Å². The Morgan fingerprint density at radius 3 is 2.46 bits per heavy atom. The number of aromatic amines is 1. The number of hydrogen-bond acceptors (Lipinski definition) is 4. The number of nitrogens with one attached hydrogen (secondary N) is 2. The van der Waals surface area contributed by atoms with E-state index in [1.54, 1.807) is 12.1 Å². The molecule has 28 heavy (non-hydrogen) atoms. The van der Waals surface area contributed by atoms with Gasteiger partial charge in [0.1, 0.15) is 5.56 Å². The molecule has 144 valence electrons. The molecule has 1 fully saturated rings. The summed E-state index contributed by atoms with van der Waals surface area (Å²) < 4.78 is 0. The number of carbonyl (C=O) groups excluding carboxylic acids is 1. The Hall–Kier alpha value is -3.12. The highest BCUT2D eigenvalue weighted by Gasteiger charge is 2.17. The zero-order valence-corrected chi connectivity index (χ0v) is 15.7. The third-order valence-electron chi connectivity index (χ3n) is 5.24. The first-order valence-electron chi connectivity index (χ1n) is 9.63. The van der Waals surface area contributed by atoms with Crippen molar-refractivity contribution in [3.05, 3.63) is 76.6 Å². The lowest BCUT2D eigenvalue weighted by Gasteiger charge is -2.36. The van der Waals surface area contributed by atoms with Gasteiger partial charge in [-0.1, -0.05) is 30.3 Å². The lowest BCUT2D eigenvalue weighted by atomic mass is 10.1. The van der Waals surface area contributed by atoms with Crippen LogP contribution in [0.4, 0.5) is 5.69 Å². The molecule has 0 spiro atoms. The average molecular weight is 376 g/mol. The molecule has 1 aliphatic heterocycles. The average Bonchev–Trinajstić information content (AvgIpc) is 2.75. The lowest BCUT2D eigenvalue weighted by Crippen LogP contribution is -2.48. The molecule has 0 saturated carbocycles. The molecule has 1 amide bonds. The Morgan fingerprint density at radius 1 is 0.964 bits per heavy atom. The monoisotopic (exact) mass is 376 g/mol. The summed E-state index contributed by atoms with van der Waals surface area (Å²) in [5, 5.41) is 3.41. The predicted octanol–water partition coefficient (Wildman–Crippen LogP) is 2.08. The zero-order valence-electron chi connectivity index (χ0n) is 15.7. The molecule has 1 aliphatic rings. The van der Waals surface area contributed by atoms with E-state index in [9.17, 15) is 9.59 Å². The summed E-state index contributed by atoms with van der Waals surface area (Å²) >= 11 is 0. The molecular weight excluding hydrogens is 352 g/mol. The smallest absolute Gasteiger partial charge is 0.256 e. The van der Waals surface area contributed by atoms with Gasteiger partial charge in [0.2, 0.25) is 5.43 Å². The van der Waals surface area contributed by atoms with Gasteiger partial charge in [0.25, 0.3) is 5.91 Å². The molecule has 2 aromatic carbocycles. The number of amides is 1. The maximum atomic E-state index is 12.5. The first-order valence-corrected chi connectivity index (χ1v) is 9.63. The third kappa shape index (κ3) is 3.92. The lowest BCUT2D eigenvalue weighted by molar-refractivity contribution is 0.0946. The van der Waals surface area contributed by atoms with Gasteiger partial charge in [-0.2, -0.15) is 0 Å². The fourth-order valence-corrected chi connectivity index (χ4v) is 3.63. The normalized spacial score (nSPS) is 14.9. The molecule has 0 aliphatic carbocycles. The standard InChI is InChI=1S/C22H24N4O2/c27-21-18-8-4-5-9-20(18)24-16-19(21)22(28)23-10-11-25-12-14-26(15-13-25)17-6-2-1-3-7-17/h1-9,16H,10-15H2,(H,23,28)(H,24,27). The number of H-pyrrole nitrogens is 1. The predicted molar refractivity (Wildman–Crippen MR) is 112 cm³/mol. The van der Waals surface area contributed by atoms with Crippen LogP contribution < -0.4 is 15.6 Å². The van der Waals surface area contributed by atoms with Gasteiger partial charge in [-0.25, -0.2) is 0 Å². The van der Waals surface area contributed by atoms with Crippen molar-refractivity contribution in [2.24, 2.45) is 0 Å². The van der Waals surface area contributed by atoms with Gasteiger partial charge in [0, 0.05) is 62.1 Å². The van der Waals surface area contributed by atoms with Gasteiger partial charge in [-0.15, -0.1) is 0 Å². The summed E-state index contributed by atoms with van der Waals surface area (Å²) in [5.41, 5.74) is 1.92. The molecule has 0 unspecified atom stereocenters. The van der Waals surface area contributed by atoms with Gasteiger partial charge in [-0.05, 0) is 24.3 Å². The molecule has 0 radical (unpaired) electrons. The molecular formula is C22H24N4O2. The van der Waals surface area contributed by atoms with Crippen LogP contribution in [0.15, 0.2) is 65.6 Å². The van der Waals surface area contributed by atoms with Gasteiger partial charge in [0.05, 0.1) is 0 Å². The number of nitrogens with zero attached hydrogens (tertiary/aromatic N) is 2. The van der Waals surface area contributed by atoms with E-state index in [1.807, 2.05) is 18.2 Å². The van der Waals surface area contributed by atoms with Crippen LogP contribution >= 0.6 is 0 Å². The summed E-state index contributed by atoms with van der Waals surface area (Å²) in [6.07, 6.45) is 1.50. The van der Waals surface area contributed by atoms with Crippen LogP contribution in [0.5, 0.6) is 0 Å². The van der Waals surface area contributed by atoms with E-state index < -0.39 is 0 Å². The topological polar surface area (TPSA) is 68.4 Å². The number of rotatable bonds is 5. The summed E-state index contributed by atoms with van der Waals surface area (Å²) in [6, 6.07) is 17.6. The molecule has 6 nitrogen and oxygen atoms in total. The summed E-state index contributed by atoms with van der Waals surface area (Å²) in [7, 11) is 0. The third-order valence-corrected chi connectivity index (χ3v) is 5.24. The second-order valence-corrected chi connectivity index (χ2v) is 7.00. The van der Waals surface area contributed by atoms with Crippen molar-refractivity contribution in [2.45, 2.75) is 0 Å². The number of para-hydroxylation sites is 2. The van der Waals surface area contributed by atoms with Crippen molar-refractivity contribution in [1.29, 1.82) is 0 Å². The fraction of sp³-hybridized carbons (Fsp3) is 0.273. The second-order valence-electron chi connectivity index (χ2n) is 7.00. The van der Waals surface area contributed by atoms with Crippen molar-refractivity contribution in [1.82, 2.24) is 15.2 Å². The van der Waals surface area contributed by atoms with Gasteiger partial charge >= 0.3 is 0 Å². The molecule has 1 aromatic heterocycles. The Bertz CT molecular complexity index is 1010. The van der Waals surface area contributed by atoms with E-state index >= 15 is 0 Å². The van der Waals surface area contributed by atoms with Crippen LogP contribution in [0.1, 0.15) is 10.4 Å².